The smallest absolute Gasteiger partial charge is 0.294 e. The van der Waals surface area contributed by atoms with E-state index in [2.05, 4.69) is 16.7 Å². The number of rotatable bonds is 5. The Kier molecular flexibility index (Phi) is 6.78. The van der Waals surface area contributed by atoms with Crippen LogP contribution in [0.25, 0.3) is 0 Å². The summed E-state index contributed by atoms with van der Waals surface area (Å²) in [5.74, 6) is 0.220. The lowest BCUT2D eigenvalue weighted by molar-refractivity contribution is -0.384. The first kappa shape index (κ1) is 20.9. The van der Waals surface area contributed by atoms with Gasteiger partial charge in [-0.2, -0.15) is 0 Å². The van der Waals surface area contributed by atoms with E-state index in [4.69, 9.17) is 11.6 Å². The summed E-state index contributed by atoms with van der Waals surface area (Å²) in [6, 6.07) is 5.00. The van der Waals surface area contributed by atoms with E-state index in [-0.39, 0.29) is 22.6 Å². The SMILES string of the molecule is CC[C@@H]1CCCCN1C(=O)[C@@H](C)N1CCN(c2ccc(Cl)cc2[N+](=O)[O-])CC1. The maximum absolute atomic E-state index is 13.1. The van der Waals surface area contributed by atoms with Crippen LogP contribution in [0.3, 0.4) is 0 Å². The first-order chi connectivity index (χ1) is 13.4. The van der Waals surface area contributed by atoms with Gasteiger partial charge in [-0.05, 0) is 44.7 Å². The summed E-state index contributed by atoms with van der Waals surface area (Å²) in [5, 5.41) is 11.7. The summed E-state index contributed by atoms with van der Waals surface area (Å²) >= 11 is 5.92. The Bertz CT molecular complexity index is 721. The molecule has 0 aliphatic carbocycles. The molecule has 2 saturated heterocycles. The number of piperidine rings is 1. The molecule has 0 radical (unpaired) electrons. The van der Waals surface area contributed by atoms with Gasteiger partial charge in [-0.15, -0.1) is 0 Å². The van der Waals surface area contributed by atoms with Crippen molar-refractivity contribution >= 4 is 28.9 Å². The van der Waals surface area contributed by atoms with Crippen LogP contribution in [0.15, 0.2) is 18.2 Å². The van der Waals surface area contributed by atoms with Gasteiger partial charge in [0.1, 0.15) is 5.69 Å². The van der Waals surface area contributed by atoms with Gasteiger partial charge in [-0.25, -0.2) is 0 Å². The highest BCUT2D eigenvalue weighted by atomic mass is 35.5. The van der Waals surface area contributed by atoms with Crippen molar-refractivity contribution in [3.63, 3.8) is 0 Å². The minimum Gasteiger partial charge on any atom is -0.363 e. The molecule has 2 heterocycles. The minimum absolute atomic E-state index is 0.0316. The fraction of sp³-hybridized carbons (Fsp3) is 0.650. The zero-order valence-electron chi connectivity index (χ0n) is 16.6. The molecule has 2 aliphatic rings. The molecule has 1 amide bonds. The van der Waals surface area contributed by atoms with Crippen molar-refractivity contribution < 1.29 is 9.72 Å². The van der Waals surface area contributed by atoms with Crippen LogP contribution in [0.1, 0.15) is 39.5 Å². The first-order valence-corrected chi connectivity index (χ1v) is 10.5. The predicted octanol–water partition coefficient (Wildman–Crippen LogP) is 3.55. The lowest BCUT2D eigenvalue weighted by Gasteiger charge is -2.42. The number of halogens is 1. The van der Waals surface area contributed by atoms with Gasteiger partial charge in [0.05, 0.1) is 11.0 Å². The maximum Gasteiger partial charge on any atom is 0.294 e. The molecular weight excluding hydrogens is 380 g/mol. The predicted molar refractivity (Wildman–Crippen MR) is 111 cm³/mol. The highest BCUT2D eigenvalue weighted by molar-refractivity contribution is 6.30. The molecule has 2 fully saturated rings. The number of hydrogen-bond donors (Lipinski definition) is 0. The average molecular weight is 409 g/mol. The molecule has 1 aromatic carbocycles. The fourth-order valence-corrected chi connectivity index (χ4v) is 4.54. The van der Waals surface area contributed by atoms with Crippen LogP contribution in [0.2, 0.25) is 5.02 Å². The Morgan fingerprint density at radius 3 is 2.61 bits per heavy atom. The van der Waals surface area contributed by atoms with Crippen molar-refractivity contribution in [2.45, 2.75) is 51.6 Å². The first-order valence-electron chi connectivity index (χ1n) is 10.2. The second-order valence-electron chi connectivity index (χ2n) is 7.68. The summed E-state index contributed by atoms with van der Waals surface area (Å²) in [5.41, 5.74) is 0.624. The van der Waals surface area contributed by atoms with Crippen molar-refractivity contribution in [1.82, 2.24) is 9.80 Å². The molecule has 2 atom stereocenters. The van der Waals surface area contributed by atoms with Crippen molar-refractivity contribution in [1.29, 1.82) is 0 Å². The summed E-state index contributed by atoms with van der Waals surface area (Å²) < 4.78 is 0. The molecule has 28 heavy (non-hydrogen) atoms. The molecule has 0 bridgehead atoms. The van der Waals surface area contributed by atoms with Gasteiger partial charge < -0.3 is 9.80 Å². The molecule has 2 aliphatic heterocycles. The van der Waals surface area contributed by atoms with E-state index >= 15 is 0 Å². The Morgan fingerprint density at radius 2 is 1.96 bits per heavy atom. The Hall–Kier alpha value is -1.86. The van der Waals surface area contributed by atoms with Gasteiger partial charge in [0, 0.05) is 49.9 Å². The van der Waals surface area contributed by atoms with E-state index in [1.54, 1.807) is 12.1 Å². The van der Waals surface area contributed by atoms with E-state index < -0.39 is 0 Å². The second kappa shape index (κ2) is 9.09. The molecule has 7 nitrogen and oxygen atoms in total. The highest BCUT2D eigenvalue weighted by Crippen LogP contribution is 2.32. The number of hydrogen-bond acceptors (Lipinski definition) is 5. The molecule has 8 heteroatoms. The monoisotopic (exact) mass is 408 g/mol. The zero-order chi connectivity index (χ0) is 20.3. The van der Waals surface area contributed by atoms with Crippen molar-refractivity contribution in [2.75, 3.05) is 37.6 Å². The van der Waals surface area contributed by atoms with Crippen LogP contribution >= 0.6 is 11.6 Å². The number of likely N-dealkylation sites (tertiary alicyclic amines) is 1. The van der Waals surface area contributed by atoms with Gasteiger partial charge >= 0.3 is 0 Å². The number of nitrogens with zero attached hydrogens (tertiary/aromatic N) is 4. The number of nitro benzene ring substituents is 1. The van der Waals surface area contributed by atoms with Crippen LogP contribution < -0.4 is 4.90 Å². The van der Waals surface area contributed by atoms with Crippen LogP contribution in [-0.2, 0) is 4.79 Å². The molecule has 0 N–H and O–H groups in total. The van der Waals surface area contributed by atoms with E-state index in [0.29, 0.717) is 42.9 Å². The molecule has 0 aromatic heterocycles. The van der Waals surface area contributed by atoms with Gasteiger partial charge in [0.2, 0.25) is 5.91 Å². The number of carbonyl (C=O) groups is 1. The number of piperazine rings is 1. The van der Waals surface area contributed by atoms with Crippen LogP contribution in [-0.4, -0.2) is 65.4 Å². The van der Waals surface area contributed by atoms with Gasteiger partial charge in [-0.3, -0.25) is 19.8 Å². The fourth-order valence-electron chi connectivity index (χ4n) is 4.37. The third kappa shape index (κ3) is 4.41. The molecule has 1 aromatic rings. The summed E-state index contributed by atoms with van der Waals surface area (Å²) in [7, 11) is 0. The van der Waals surface area contributed by atoms with E-state index in [0.717, 1.165) is 25.8 Å². The number of carbonyl (C=O) groups excluding carboxylic acids is 1. The summed E-state index contributed by atoms with van der Waals surface area (Å²) in [6.07, 6.45) is 4.40. The minimum atomic E-state index is -0.388. The zero-order valence-corrected chi connectivity index (χ0v) is 17.4. The third-order valence-corrected chi connectivity index (χ3v) is 6.31. The van der Waals surface area contributed by atoms with Crippen LogP contribution in [0.5, 0.6) is 0 Å². The molecule has 0 spiro atoms. The normalized spacial score (nSPS) is 22.2. The van der Waals surface area contributed by atoms with E-state index in [9.17, 15) is 14.9 Å². The van der Waals surface area contributed by atoms with Crippen molar-refractivity contribution in [2.24, 2.45) is 0 Å². The van der Waals surface area contributed by atoms with Crippen LogP contribution in [0, 0.1) is 10.1 Å². The summed E-state index contributed by atoms with van der Waals surface area (Å²) in [4.78, 5) is 30.3. The topological polar surface area (TPSA) is 69.9 Å². The molecule has 0 unspecified atom stereocenters. The van der Waals surface area contributed by atoms with Crippen molar-refractivity contribution in [3.8, 4) is 0 Å². The Morgan fingerprint density at radius 1 is 1.25 bits per heavy atom. The molecule has 0 saturated carbocycles. The Balaban J connectivity index is 1.64. The largest absolute Gasteiger partial charge is 0.363 e. The second-order valence-corrected chi connectivity index (χ2v) is 8.12. The number of anilines is 1. The quantitative estimate of drug-likeness (QED) is 0.550. The van der Waals surface area contributed by atoms with Crippen LogP contribution in [0.4, 0.5) is 11.4 Å². The number of nitro groups is 1. The lowest BCUT2D eigenvalue weighted by Crippen LogP contribution is -2.56. The number of amides is 1. The van der Waals surface area contributed by atoms with E-state index in [1.807, 2.05) is 11.8 Å². The molecule has 3 rings (SSSR count). The van der Waals surface area contributed by atoms with Gasteiger partial charge in [0.15, 0.2) is 0 Å². The maximum atomic E-state index is 13.1. The Labute approximate surface area is 171 Å². The number of benzene rings is 1. The highest BCUT2D eigenvalue weighted by Gasteiger charge is 2.33. The van der Waals surface area contributed by atoms with Gasteiger partial charge in [-0.1, -0.05) is 18.5 Å². The third-order valence-electron chi connectivity index (χ3n) is 6.08. The van der Waals surface area contributed by atoms with Gasteiger partial charge in [0.25, 0.3) is 5.69 Å². The standard InChI is InChI=1S/C20H29ClN4O3/c1-3-17-6-4-5-9-24(17)20(26)15(2)22-10-12-23(13-11-22)18-8-7-16(21)14-19(18)25(27)28/h7-8,14-15,17H,3-6,9-13H2,1-2H3/t15-,17-/m1/s1. The molecular formula is C20H29ClN4O3. The summed E-state index contributed by atoms with van der Waals surface area (Å²) in [6.45, 7) is 7.71. The molecule has 154 valence electrons. The van der Waals surface area contributed by atoms with Crippen molar-refractivity contribution in [3.05, 3.63) is 33.3 Å². The van der Waals surface area contributed by atoms with E-state index in [1.165, 1.54) is 12.5 Å². The lowest BCUT2D eigenvalue weighted by atomic mass is 9.99. The average Bonchev–Trinajstić information content (AvgIpc) is 2.72.